The maximum absolute atomic E-state index is 9.02. The number of nitrogens with zero attached hydrogens (tertiary/aromatic N) is 4. The van der Waals surface area contributed by atoms with Crippen LogP contribution in [0.4, 0.5) is 0 Å². The molecule has 15 heavy (non-hydrogen) atoms. The van der Waals surface area contributed by atoms with Crippen molar-refractivity contribution in [3.05, 3.63) is 17.0 Å². The highest BCUT2D eigenvalue weighted by Gasteiger charge is 2.29. The van der Waals surface area contributed by atoms with E-state index in [1.807, 2.05) is 4.68 Å². The third-order valence-electron chi connectivity index (χ3n) is 2.68. The van der Waals surface area contributed by atoms with E-state index < -0.39 is 0 Å². The minimum Gasteiger partial charge on any atom is -0.296 e. The van der Waals surface area contributed by atoms with Gasteiger partial charge in [0, 0.05) is 18.7 Å². The second-order valence-electron chi connectivity index (χ2n) is 5.14. The van der Waals surface area contributed by atoms with E-state index in [0.29, 0.717) is 5.69 Å². The average molecular weight is 204 g/mol. The molecule has 2 rings (SSSR count). The number of rotatable bonds is 0. The SMILES string of the molecule is CN1Cc2c(C#N)nn(C(C)(C)C)c2C1. The van der Waals surface area contributed by atoms with Gasteiger partial charge in [0.05, 0.1) is 11.2 Å². The van der Waals surface area contributed by atoms with Crippen molar-refractivity contribution in [1.82, 2.24) is 14.7 Å². The van der Waals surface area contributed by atoms with Gasteiger partial charge in [0.15, 0.2) is 5.69 Å². The van der Waals surface area contributed by atoms with Crippen molar-refractivity contribution in [2.45, 2.75) is 39.4 Å². The first-order chi connectivity index (χ1) is 6.93. The molecule has 0 unspecified atom stereocenters. The van der Waals surface area contributed by atoms with E-state index in [-0.39, 0.29) is 5.54 Å². The molecule has 0 aromatic carbocycles. The number of fused-ring (bicyclic) bond motifs is 1. The highest BCUT2D eigenvalue weighted by Crippen LogP contribution is 2.28. The van der Waals surface area contributed by atoms with Crippen LogP contribution in [0.25, 0.3) is 0 Å². The van der Waals surface area contributed by atoms with E-state index in [9.17, 15) is 0 Å². The molecule has 0 amide bonds. The van der Waals surface area contributed by atoms with Crippen LogP contribution in [-0.2, 0) is 18.6 Å². The highest BCUT2D eigenvalue weighted by atomic mass is 15.4. The number of hydrogen-bond acceptors (Lipinski definition) is 3. The molecule has 0 saturated carbocycles. The fourth-order valence-corrected chi connectivity index (χ4v) is 2.04. The first kappa shape index (κ1) is 10.2. The molecule has 0 spiro atoms. The van der Waals surface area contributed by atoms with Gasteiger partial charge in [-0.1, -0.05) is 0 Å². The van der Waals surface area contributed by atoms with Crippen LogP contribution in [0, 0.1) is 11.3 Å². The lowest BCUT2D eigenvalue weighted by Crippen LogP contribution is -2.26. The van der Waals surface area contributed by atoms with E-state index in [1.165, 1.54) is 5.69 Å². The largest absolute Gasteiger partial charge is 0.296 e. The molecule has 1 aliphatic heterocycles. The fourth-order valence-electron chi connectivity index (χ4n) is 2.04. The Morgan fingerprint density at radius 1 is 1.33 bits per heavy atom. The highest BCUT2D eigenvalue weighted by molar-refractivity contribution is 5.38. The summed E-state index contributed by atoms with van der Waals surface area (Å²) in [5.41, 5.74) is 2.84. The summed E-state index contributed by atoms with van der Waals surface area (Å²) in [5.74, 6) is 0. The van der Waals surface area contributed by atoms with E-state index in [4.69, 9.17) is 5.26 Å². The van der Waals surface area contributed by atoms with E-state index >= 15 is 0 Å². The molecule has 0 fully saturated rings. The summed E-state index contributed by atoms with van der Waals surface area (Å²) < 4.78 is 1.99. The van der Waals surface area contributed by atoms with Gasteiger partial charge in [0.1, 0.15) is 6.07 Å². The third kappa shape index (κ3) is 1.53. The van der Waals surface area contributed by atoms with Gasteiger partial charge >= 0.3 is 0 Å². The van der Waals surface area contributed by atoms with E-state index in [0.717, 1.165) is 18.7 Å². The van der Waals surface area contributed by atoms with Crippen LogP contribution in [0.3, 0.4) is 0 Å². The Balaban J connectivity index is 2.57. The summed E-state index contributed by atoms with van der Waals surface area (Å²) in [7, 11) is 2.06. The zero-order chi connectivity index (χ0) is 11.2. The summed E-state index contributed by atoms with van der Waals surface area (Å²) in [5, 5.41) is 13.4. The van der Waals surface area contributed by atoms with Crippen LogP contribution < -0.4 is 0 Å². The normalized spacial score (nSPS) is 16.5. The molecule has 0 bridgehead atoms. The molecule has 80 valence electrons. The first-order valence-electron chi connectivity index (χ1n) is 5.13. The summed E-state index contributed by atoms with van der Waals surface area (Å²) in [6.45, 7) is 8.06. The maximum atomic E-state index is 9.02. The number of aromatic nitrogens is 2. The van der Waals surface area contributed by atoms with Crippen molar-refractivity contribution in [1.29, 1.82) is 5.26 Å². The second-order valence-corrected chi connectivity index (χ2v) is 5.14. The van der Waals surface area contributed by atoms with E-state index in [2.05, 4.69) is 43.9 Å². The lowest BCUT2D eigenvalue weighted by molar-refractivity contribution is 0.304. The van der Waals surface area contributed by atoms with Crippen molar-refractivity contribution in [3.63, 3.8) is 0 Å². The quantitative estimate of drug-likeness (QED) is 0.642. The lowest BCUT2D eigenvalue weighted by atomic mass is 10.1. The zero-order valence-electron chi connectivity index (χ0n) is 9.70. The molecule has 1 aromatic rings. The monoisotopic (exact) mass is 204 g/mol. The van der Waals surface area contributed by atoms with Crippen LogP contribution in [0.15, 0.2) is 0 Å². The van der Waals surface area contributed by atoms with Crippen molar-refractivity contribution < 1.29 is 0 Å². The summed E-state index contributed by atoms with van der Waals surface area (Å²) in [6, 6.07) is 2.18. The van der Waals surface area contributed by atoms with Crippen molar-refractivity contribution in [3.8, 4) is 6.07 Å². The lowest BCUT2D eigenvalue weighted by Gasteiger charge is -2.22. The third-order valence-corrected chi connectivity index (χ3v) is 2.68. The van der Waals surface area contributed by atoms with Crippen LogP contribution in [0.2, 0.25) is 0 Å². The first-order valence-corrected chi connectivity index (χ1v) is 5.13. The van der Waals surface area contributed by atoms with Gasteiger partial charge < -0.3 is 0 Å². The predicted octanol–water partition coefficient (Wildman–Crippen LogP) is 1.46. The summed E-state index contributed by atoms with van der Waals surface area (Å²) in [4.78, 5) is 2.20. The van der Waals surface area contributed by atoms with Gasteiger partial charge in [0.2, 0.25) is 0 Å². The van der Waals surface area contributed by atoms with E-state index in [1.54, 1.807) is 0 Å². The molecule has 0 saturated heterocycles. The minimum absolute atomic E-state index is 0.0512. The Labute approximate surface area is 90.1 Å². The molecular weight excluding hydrogens is 188 g/mol. The van der Waals surface area contributed by atoms with Crippen LogP contribution in [-0.4, -0.2) is 21.7 Å². The molecule has 0 atom stereocenters. The van der Waals surface area contributed by atoms with Crippen LogP contribution in [0.1, 0.15) is 37.7 Å². The predicted molar refractivity (Wildman–Crippen MR) is 57.1 cm³/mol. The van der Waals surface area contributed by atoms with Crippen LogP contribution in [0.5, 0.6) is 0 Å². The molecule has 2 heterocycles. The Morgan fingerprint density at radius 3 is 2.53 bits per heavy atom. The average Bonchev–Trinajstić information content (AvgIpc) is 2.59. The molecule has 4 nitrogen and oxygen atoms in total. The van der Waals surface area contributed by atoms with Crippen molar-refractivity contribution >= 4 is 0 Å². The Kier molecular flexibility index (Phi) is 2.09. The number of nitriles is 1. The Morgan fingerprint density at radius 2 is 2.00 bits per heavy atom. The summed E-state index contributed by atoms with van der Waals surface area (Å²) in [6.07, 6.45) is 0. The van der Waals surface area contributed by atoms with Gasteiger partial charge in [-0.25, -0.2) is 0 Å². The standard InChI is InChI=1S/C11H16N4/c1-11(2,3)15-10-7-14(4)6-8(10)9(5-12)13-15/h6-7H2,1-4H3. The van der Waals surface area contributed by atoms with Crippen LogP contribution >= 0.6 is 0 Å². The van der Waals surface area contributed by atoms with Gasteiger partial charge in [-0.15, -0.1) is 0 Å². The maximum Gasteiger partial charge on any atom is 0.167 e. The Hall–Kier alpha value is -1.34. The molecule has 4 heteroatoms. The molecule has 1 aliphatic rings. The van der Waals surface area contributed by atoms with Gasteiger partial charge in [0.25, 0.3) is 0 Å². The zero-order valence-corrected chi connectivity index (χ0v) is 9.70. The molecule has 0 N–H and O–H groups in total. The topological polar surface area (TPSA) is 44.9 Å². The molecular formula is C11H16N4. The molecule has 1 aromatic heterocycles. The summed E-state index contributed by atoms with van der Waals surface area (Å²) >= 11 is 0. The van der Waals surface area contributed by atoms with Crippen molar-refractivity contribution in [2.24, 2.45) is 0 Å². The molecule has 0 radical (unpaired) electrons. The number of hydrogen-bond donors (Lipinski definition) is 0. The van der Waals surface area contributed by atoms with Gasteiger partial charge in [-0.05, 0) is 27.8 Å². The second kappa shape index (κ2) is 3.07. The molecule has 0 aliphatic carbocycles. The minimum atomic E-state index is -0.0512. The van der Waals surface area contributed by atoms with Gasteiger partial charge in [-0.2, -0.15) is 10.4 Å². The fraction of sp³-hybridized carbons (Fsp3) is 0.636. The van der Waals surface area contributed by atoms with Gasteiger partial charge in [-0.3, -0.25) is 9.58 Å². The Bertz CT molecular complexity index is 431. The van der Waals surface area contributed by atoms with Crippen molar-refractivity contribution in [2.75, 3.05) is 7.05 Å². The smallest absolute Gasteiger partial charge is 0.167 e.